The highest BCUT2D eigenvalue weighted by Gasteiger charge is 2.21. The zero-order valence-corrected chi connectivity index (χ0v) is 36.1. The number of benzene rings is 10. The molecular formula is C62H38N4O. The first-order chi connectivity index (χ1) is 33.2. The van der Waals surface area contributed by atoms with E-state index >= 15 is 0 Å². The number of rotatable bonds is 5. The molecule has 0 spiro atoms. The smallest absolute Gasteiger partial charge is 0.213 e. The fraction of sp³-hybridized carbons (Fsp3) is 0. The van der Waals surface area contributed by atoms with E-state index in [9.17, 15) is 0 Å². The summed E-state index contributed by atoms with van der Waals surface area (Å²) in [5, 5.41) is 10.9. The minimum atomic E-state index is 0.865. The molecule has 0 aliphatic carbocycles. The third-order valence-corrected chi connectivity index (χ3v) is 14.2. The van der Waals surface area contributed by atoms with E-state index in [0.717, 1.165) is 72.5 Å². The van der Waals surface area contributed by atoms with Gasteiger partial charge in [-0.2, -0.15) is 0 Å². The average molecular weight is 855 g/mol. The van der Waals surface area contributed by atoms with E-state index < -0.39 is 0 Å². The summed E-state index contributed by atoms with van der Waals surface area (Å²) in [7, 11) is 0. The molecule has 0 bridgehead atoms. The summed E-state index contributed by atoms with van der Waals surface area (Å²) in [4.78, 5) is 0. The molecule has 0 saturated heterocycles. The Labute approximate surface area is 383 Å². The molecule has 0 saturated carbocycles. The van der Waals surface area contributed by atoms with Crippen molar-refractivity contribution in [2.45, 2.75) is 0 Å². The number of para-hydroxylation sites is 6. The first-order valence-corrected chi connectivity index (χ1v) is 22.9. The molecule has 10 aromatic carbocycles. The van der Waals surface area contributed by atoms with Crippen LogP contribution >= 0.6 is 0 Å². The molecule has 15 aromatic rings. The van der Waals surface area contributed by atoms with Crippen LogP contribution in [-0.4, -0.2) is 18.3 Å². The van der Waals surface area contributed by atoms with E-state index in [1.54, 1.807) is 0 Å². The van der Waals surface area contributed by atoms with E-state index in [-0.39, 0.29) is 0 Å². The van der Waals surface area contributed by atoms with Crippen molar-refractivity contribution in [2.24, 2.45) is 0 Å². The van der Waals surface area contributed by atoms with Crippen LogP contribution < -0.4 is 0 Å². The van der Waals surface area contributed by atoms with Gasteiger partial charge in [-0.3, -0.25) is 4.57 Å². The maximum Gasteiger partial charge on any atom is 0.213 e. The molecule has 67 heavy (non-hydrogen) atoms. The lowest BCUT2D eigenvalue weighted by molar-refractivity contribution is 0.645. The maximum atomic E-state index is 6.79. The minimum Gasteiger partial charge on any atom is -0.439 e. The molecule has 0 aliphatic heterocycles. The third kappa shape index (κ3) is 5.14. The lowest BCUT2D eigenvalue weighted by atomic mass is 10.0. The lowest BCUT2D eigenvalue weighted by Crippen LogP contribution is -1.96. The van der Waals surface area contributed by atoms with Crippen LogP contribution in [0.1, 0.15) is 0 Å². The molecule has 0 amide bonds. The van der Waals surface area contributed by atoms with Crippen LogP contribution in [0.25, 0.3) is 132 Å². The second-order valence-corrected chi connectivity index (χ2v) is 17.7. The Kier molecular flexibility index (Phi) is 7.44. The standard InChI is InChI=1S/C62H38N4O/c1-2-14-41(15-3-1)66-57-25-13-8-20-49(57)61-50-33-28-40(36-60(50)67-62(61)66)39-26-29-42(30-27-39)63-58-34-31-43(64-53-21-9-4-16-45(53)46-17-5-10-22-54(46)64)37-51(58)52-38-44(32-35-59(52)63)65-55-23-11-6-18-47(55)48-19-7-12-24-56(48)65/h1-38H. The number of aromatic nitrogens is 4. The van der Waals surface area contributed by atoms with Crippen LogP contribution in [0.2, 0.25) is 0 Å². The summed E-state index contributed by atoms with van der Waals surface area (Å²) in [5.74, 6) is 0. The zero-order chi connectivity index (χ0) is 43.7. The molecule has 5 nitrogen and oxygen atoms in total. The van der Waals surface area contributed by atoms with Crippen LogP contribution in [0.3, 0.4) is 0 Å². The van der Waals surface area contributed by atoms with Crippen molar-refractivity contribution < 1.29 is 4.42 Å². The maximum absolute atomic E-state index is 6.79. The van der Waals surface area contributed by atoms with Crippen LogP contribution in [0.15, 0.2) is 235 Å². The van der Waals surface area contributed by atoms with Crippen LogP contribution in [-0.2, 0) is 0 Å². The van der Waals surface area contributed by atoms with Gasteiger partial charge in [0.05, 0.1) is 44.0 Å². The van der Waals surface area contributed by atoms with Crippen LogP contribution in [0.5, 0.6) is 0 Å². The summed E-state index contributed by atoms with van der Waals surface area (Å²) in [6, 6.07) is 83.7. The second kappa shape index (κ2) is 13.7. The van der Waals surface area contributed by atoms with Crippen molar-refractivity contribution in [2.75, 3.05) is 0 Å². The summed E-state index contributed by atoms with van der Waals surface area (Å²) >= 11 is 0. The van der Waals surface area contributed by atoms with Crippen molar-refractivity contribution in [3.05, 3.63) is 231 Å². The largest absolute Gasteiger partial charge is 0.439 e. The van der Waals surface area contributed by atoms with Crippen molar-refractivity contribution in [1.29, 1.82) is 0 Å². The summed E-state index contributed by atoms with van der Waals surface area (Å²) in [6.07, 6.45) is 0. The van der Waals surface area contributed by atoms with Gasteiger partial charge in [0.1, 0.15) is 5.58 Å². The van der Waals surface area contributed by atoms with Crippen LogP contribution in [0, 0.1) is 0 Å². The predicted octanol–water partition coefficient (Wildman–Crippen LogP) is 16.5. The number of hydrogen-bond acceptors (Lipinski definition) is 1. The molecular weight excluding hydrogens is 817 g/mol. The van der Waals surface area contributed by atoms with Gasteiger partial charge in [-0.1, -0.05) is 127 Å². The van der Waals surface area contributed by atoms with E-state index in [4.69, 9.17) is 4.42 Å². The predicted molar refractivity (Wildman–Crippen MR) is 279 cm³/mol. The normalized spacial score (nSPS) is 12.2. The molecule has 312 valence electrons. The highest BCUT2D eigenvalue weighted by atomic mass is 16.3. The Morgan fingerprint density at radius 1 is 0.239 bits per heavy atom. The van der Waals surface area contributed by atoms with Crippen molar-refractivity contribution >= 4 is 98.4 Å². The van der Waals surface area contributed by atoms with Crippen molar-refractivity contribution in [3.8, 4) is 33.9 Å². The van der Waals surface area contributed by atoms with E-state index in [2.05, 4.69) is 249 Å². The monoisotopic (exact) mass is 854 g/mol. The number of fused-ring (bicyclic) bond motifs is 14. The molecule has 0 N–H and O–H groups in total. The fourth-order valence-corrected chi connectivity index (χ4v) is 11.3. The Bertz CT molecular complexity index is 4220. The summed E-state index contributed by atoms with van der Waals surface area (Å²) < 4.78 is 16.3. The number of hydrogen-bond donors (Lipinski definition) is 0. The molecule has 5 heterocycles. The Balaban J connectivity index is 0.907. The van der Waals surface area contributed by atoms with E-state index in [1.165, 1.54) is 59.8 Å². The van der Waals surface area contributed by atoms with Gasteiger partial charge >= 0.3 is 0 Å². The lowest BCUT2D eigenvalue weighted by Gasteiger charge is -2.11. The molecule has 5 heteroatoms. The minimum absolute atomic E-state index is 0.865. The van der Waals surface area contributed by atoms with Gasteiger partial charge in [-0.05, 0) is 114 Å². The van der Waals surface area contributed by atoms with Crippen molar-refractivity contribution in [1.82, 2.24) is 18.3 Å². The number of furan rings is 1. The van der Waals surface area contributed by atoms with Crippen molar-refractivity contribution in [3.63, 3.8) is 0 Å². The van der Waals surface area contributed by atoms with Gasteiger partial charge in [0.25, 0.3) is 0 Å². The molecule has 15 rings (SSSR count). The third-order valence-electron chi connectivity index (χ3n) is 14.2. The Hall–Kier alpha value is -9.06. The first-order valence-electron chi connectivity index (χ1n) is 22.9. The first kappa shape index (κ1) is 36.3. The van der Waals surface area contributed by atoms with E-state index in [1.807, 2.05) is 0 Å². The zero-order valence-electron chi connectivity index (χ0n) is 36.1. The van der Waals surface area contributed by atoms with Gasteiger partial charge in [-0.15, -0.1) is 0 Å². The average Bonchev–Trinajstić information content (AvgIpc) is 4.18. The highest BCUT2D eigenvalue weighted by molar-refractivity contribution is 6.20. The number of nitrogens with zero attached hydrogens (tertiary/aromatic N) is 4. The van der Waals surface area contributed by atoms with Gasteiger partial charge < -0.3 is 18.1 Å². The highest BCUT2D eigenvalue weighted by Crippen LogP contribution is 2.42. The summed E-state index contributed by atoms with van der Waals surface area (Å²) in [6.45, 7) is 0. The van der Waals surface area contributed by atoms with Gasteiger partial charge in [-0.25, -0.2) is 0 Å². The molecule has 0 aliphatic rings. The van der Waals surface area contributed by atoms with E-state index in [0.29, 0.717) is 0 Å². The van der Waals surface area contributed by atoms with Gasteiger partial charge in [0.2, 0.25) is 5.71 Å². The topological polar surface area (TPSA) is 32.9 Å². The molecule has 5 aromatic heterocycles. The molecule has 0 fully saturated rings. The summed E-state index contributed by atoms with van der Waals surface area (Å²) in [5.41, 5.74) is 16.7. The Morgan fingerprint density at radius 2 is 0.627 bits per heavy atom. The fourth-order valence-electron chi connectivity index (χ4n) is 11.3. The molecule has 0 radical (unpaired) electrons. The Morgan fingerprint density at radius 3 is 1.15 bits per heavy atom. The SMILES string of the molecule is c1ccc(-n2c3ccccc3c3c4ccc(-c5ccc(-n6c7ccc(-n8c9ccccc9c9ccccc98)cc7c7cc(-n8c9ccccc9c9ccccc98)ccc76)cc5)cc4oc32)cc1. The van der Waals surface area contributed by atoms with Gasteiger partial charge in [0, 0.05) is 65.8 Å². The van der Waals surface area contributed by atoms with Crippen LogP contribution in [0.4, 0.5) is 0 Å². The molecule has 0 unspecified atom stereocenters. The van der Waals surface area contributed by atoms with Gasteiger partial charge in [0.15, 0.2) is 0 Å². The quantitative estimate of drug-likeness (QED) is 0.170. The second-order valence-electron chi connectivity index (χ2n) is 17.7. The molecule has 0 atom stereocenters.